The summed E-state index contributed by atoms with van der Waals surface area (Å²) in [6.07, 6.45) is 3.35. The SMILES string of the molecule is CN(Cc1cccc(CN)c1)C(=O)C1CCCC1(C)C. The maximum absolute atomic E-state index is 12.6. The van der Waals surface area contributed by atoms with E-state index in [1.807, 2.05) is 24.1 Å². The maximum Gasteiger partial charge on any atom is 0.226 e. The van der Waals surface area contributed by atoms with Crippen LogP contribution in [0.5, 0.6) is 0 Å². The number of nitrogens with two attached hydrogens (primary N) is 1. The predicted octanol–water partition coefficient (Wildman–Crippen LogP) is 2.93. The molecule has 1 aromatic rings. The molecule has 3 nitrogen and oxygen atoms in total. The van der Waals surface area contributed by atoms with Gasteiger partial charge in [0.05, 0.1) is 0 Å². The Morgan fingerprint density at radius 3 is 2.70 bits per heavy atom. The van der Waals surface area contributed by atoms with Crippen LogP contribution in [-0.2, 0) is 17.9 Å². The quantitative estimate of drug-likeness (QED) is 0.917. The Morgan fingerprint density at radius 1 is 1.40 bits per heavy atom. The Bertz CT molecular complexity index is 482. The summed E-state index contributed by atoms with van der Waals surface area (Å²) in [6, 6.07) is 8.17. The van der Waals surface area contributed by atoms with Crippen molar-refractivity contribution in [1.82, 2.24) is 4.90 Å². The Kier molecular flexibility index (Phi) is 4.48. The molecule has 2 rings (SSSR count). The van der Waals surface area contributed by atoms with Gasteiger partial charge in [-0.05, 0) is 29.4 Å². The lowest BCUT2D eigenvalue weighted by Crippen LogP contribution is -2.37. The normalized spacial score (nSPS) is 20.9. The van der Waals surface area contributed by atoms with Crippen molar-refractivity contribution >= 4 is 5.91 Å². The van der Waals surface area contributed by atoms with E-state index in [0.29, 0.717) is 13.1 Å². The molecule has 1 atom stereocenters. The smallest absolute Gasteiger partial charge is 0.226 e. The van der Waals surface area contributed by atoms with Crippen LogP contribution in [0.25, 0.3) is 0 Å². The molecular formula is C17H26N2O. The monoisotopic (exact) mass is 274 g/mol. The molecule has 1 fully saturated rings. The Morgan fingerprint density at radius 2 is 2.10 bits per heavy atom. The van der Waals surface area contributed by atoms with Crippen molar-refractivity contribution in [1.29, 1.82) is 0 Å². The zero-order valence-corrected chi connectivity index (χ0v) is 12.9. The summed E-state index contributed by atoms with van der Waals surface area (Å²) in [7, 11) is 1.91. The minimum absolute atomic E-state index is 0.143. The number of nitrogens with zero attached hydrogens (tertiary/aromatic N) is 1. The van der Waals surface area contributed by atoms with Crippen LogP contribution >= 0.6 is 0 Å². The Hall–Kier alpha value is -1.35. The van der Waals surface area contributed by atoms with Gasteiger partial charge in [0.15, 0.2) is 0 Å². The zero-order chi connectivity index (χ0) is 14.8. The molecule has 0 aromatic heterocycles. The number of carbonyl (C=O) groups is 1. The van der Waals surface area contributed by atoms with Crippen LogP contribution in [-0.4, -0.2) is 17.9 Å². The molecule has 1 unspecified atom stereocenters. The first-order chi connectivity index (χ1) is 9.44. The van der Waals surface area contributed by atoms with Crippen molar-refractivity contribution in [3.63, 3.8) is 0 Å². The summed E-state index contributed by atoms with van der Waals surface area (Å²) >= 11 is 0. The number of rotatable bonds is 4. The van der Waals surface area contributed by atoms with Crippen molar-refractivity contribution in [3.05, 3.63) is 35.4 Å². The fourth-order valence-electron chi connectivity index (χ4n) is 3.26. The van der Waals surface area contributed by atoms with Crippen molar-refractivity contribution in [3.8, 4) is 0 Å². The third-order valence-corrected chi connectivity index (χ3v) is 4.58. The molecule has 1 aliphatic rings. The van der Waals surface area contributed by atoms with Crippen molar-refractivity contribution in [2.24, 2.45) is 17.1 Å². The lowest BCUT2D eigenvalue weighted by Gasteiger charge is -2.30. The predicted molar refractivity (Wildman–Crippen MR) is 81.9 cm³/mol. The van der Waals surface area contributed by atoms with E-state index in [1.54, 1.807) is 0 Å². The van der Waals surface area contributed by atoms with Gasteiger partial charge in [-0.15, -0.1) is 0 Å². The van der Waals surface area contributed by atoms with Crippen LogP contribution in [0, 0.1) is 11.3 Å². The summed E-state index contributed by atoms with van der Waals surface area (Å²) in [5, 5.41) is 0. The van der Waals surface area contributed by atoms with Gasteiger partial charge >= 0.3 is 0 Å². The van der Waals surface area contributed by atoms with E-state index >= 15 is 0 Å². The first-order valence-corrected chi connectivity index (χ1v) is 7.47. The number of hydrogen-bond donors (Lipinski definition) is 1. The van der Waals surface area contributed by atoms with Gasteiger partial charge in [-0.25, -0.2) is 0 Å². The van der Waals surface area contributed by atoms with Gasteiger partial charge < -0.3 is 10.6 Å². The first-order valence-electron chi connectivity index (χ1n) is 7.47. The van der Waals surface area contributed by atoms with Gasteiger partial charge in [0.25, 0.3) is 0 Å². The van der Waals surface area contributed by atoms with Crippen LogP contribution in [0.3, 0.4) is 0 Å². The van der Waals surface area contributed by atoms with Gasteiger partial charge in [0.1, 0.15) is 0 Å². The van der Waals surface area contributed by atoms with Crippen LogP contribution in [0.4, 0.5) is 0 Å². The van der Waals surface area contributed by atoms with E-state index in [-0.39, 0.29) is 17.2 Å². The van der Waals surface area contributed by atoms with Gasteiger partial charge in [0, 0.05) is 26.1 Å². The fourth-order valence-corrected chi connectivity index (χ4v) is 3.26. The molecule has 0 bridgehead atoms. The van der Waals surface area contributed by atoms with E-state index in [4.69, 9.17) is 5.73 Å². The average molecular weight is 274 g/mol. The second kappa shape index (κ2) is 5.96. The fraction of sp³-hybridized carbons (Fsp3) is 0.588. The summed E-state index contributed by atoms with van der Waals surface area (Å²) in [4.78, 5) is 14.5. The Labute approximate surface area is 122 Å². The first kappa shape index (κ1) is 15.0. The highest BCUT2D eigenvalue weighted by Gasteiger charge is 2.40. The molecule has 1 aliphatic carbocycles. The highest BCUT2D eigenvalue weighted by molar-refractivity contribution is 5.79. The Balaban J connectivity index is 2.04. The number of carbonyl (C=O) groups excluding carboxylic acids is 1. The van der Waals surface area contributed by atoms with E-state index in [0.717, 1.165) is 24.0 Å². The molecule has 0 heterocycles. The molecule has 0 spiro atoms. The van der Waals surface area contributed by atoms with Crippen LogP contribution in [0.2, 0.25) is 0 Å². The minimum Gasteiger partial charge on any atom is -0.341 e. The highest BCUT2D eigenvalue weighted by atomic mass is 16.2. The molecule has 0 radical (unpaired) electrons. The summed E-state index contributed by atoms with van der Waals surface area (Å²) in [6.45, 7) is 5.64. The third-order valence-electron chi connectivity index (χ3n) is 4.58. The molecular weight excluding hydrogens is 248 g/mol. The van der Waals surface area contributed by atoms with Crippen LogP contribution in [0.1, 0.15) is 44.2 Å². The maximum atomic E-state index is 12.6. The minimum atomic E-state index is 0.143. The molecule has 110 valence electrons. The molecule has 0 saturated heterocycles. The summed E-state index contributed by atoms with van der Waals surface area (Å²) < 4.78 is 0. The average Bonchev–Trinajstić information content (AvgIpc) is 2.77. The van der Waals surface area contributed by atoms with E-state index in [9.17, 15) is 4.79 Å². The summed E-state index contributed by atoms with van der Waals surface area (Å²) in [5.74, 6) is 0.454. The molecule has 20 heavy (non-hydrogen) atoms. The molecule has 0 aliphatic heterocycles. The molecule has 1 saturated carbocycles. The van der Waals surface area contributed by atoms with Gasteiger partial charge in [-0.3, -0.25) is 4.79 Å². The van der Waals surface area contributed by atoms with Gasteiger partial charge in [-0.2, -0.15) is 0 Å². The molecule has 1 amide bonds. The van der Waals surface area contributed by atoms with Gasteiger partial charge in [0.2, 0.25) is 5.91 Å². The second-order valence-corrected chi connectivity index (χ2v) is 6.65. The zero-order valence-electron chi connectivity index (χ0n) is 12.9. The lowest BCUT2D eigenvalue weighted by molar-refractivity contribution is -0.137. The molecule has 2 N–H and O–H groups in total. The van der Waals surface area contributed by atoms with Crippen molar-refractivity contribution in [2.75, 3.05) is 7.05 Å². The largest absolute Gasteiger partial charge is 0.341 e. The topological polar surface area (TPSA) is 46.3 Å². The van der Waals surface area contributed by atoms with E-state index < -0.39 is 0 Å². The third kappa shape index (κ3) is 3.21. The number of amides is 1. The van der Waals surface area contributed by atoms with Gasteiger partial charge in [-0.1, -0.05) is 44.5 Å². The lowest BCUT2D eigenvalue weighted by atomic mass is 9.81. The van der Waals surface area contributed by atoms with Crippen LogP contribution in [0.15, 0.2) is 24.3 Å². The molecule has 3 heteroatoms. The second-order valence-electron chi connectivity index (χ2n) is 6.65. The van der Waals surface area contributed by atoms with E-state index in [2.05, 4.69) is 26.0 Å². The van der Waals surface area contributed by atoms with Crippen molar-refractivity contribution < 1.29 is 4.79 Å². The van der Waals surface area contributed by atoms with E-state index in [1.165, 1.54) is 6.42 Å². The van der Waals surface area contributed by atoms with Crippen LogP contribution < -0.4 is 5.73 Å². The number of hydrogen-bond acceptors (Lipinski definition) is 2. The summed E-state index contributed by atoms with van der Waals surface area (Å²) in [5.41, 5.74) is 8.07. The van der Waals surface area contributed by atoms with Crippen molar-refractivity contribution in [2.45, 2.75) is 46.2 Å². The number of benzene rings is 1. The standard InChI is InChI=1S/C17H26N2O/c1-17(2)9-5-8-15(17)16(20)19(3)12-14-7-4-6-13(10-14)11-18/h4,6-7,10,15H,5,8-9,11-12,18H2,1-3H3. The highest BCUT2D eigenvalue weighted by Crippen LogP contribution is 2.43. The molecule has 1 aromatic carbocycles.